The number of ether oxygens (including phenoxy) is 2. The second kappa shape index (κ2) is 7.34. The Morgan fingerprint density at radius 2 is 1.82 bits per heavy atom. The van der Waals surface area contributed by atoms with Crippen LogP contribution >= 0.6 is 0 Å². The first-order chi connectivity index (χ1) is 10.4. The second-order valence-corrected chi connectivity index (χ2v) is 6.99. The van der Waals surface area contributed by atoms with Crippen molar-refractivity contribution in [1.82, 2.24) is 10.2 Å². The molecule has 0 spiro atoms. The molecule has 0 aromatic heterocycles. The third kappa shape index (κ3) is 4.37. The van der Waals surface area contributed by atoms with Crippen LogP contribution in [0.2, 0.25) is 0 Å². The summed E-state index contributed by atoms with van der Waals surface area (Å²) >= 11 is 0. The van der Waals surface area contributed by atoms with Gasteiger partial charge in [-0.2, -0.15) is 0 Å². The van der Waals surface area contributed by atoms with Crippen LogP contribution in [0.4, 0.5) is 0 Å². The monoisotopic (exact) mass is 306 g/mol. The number of methoxy groups -OCH3 is 2. The molecule has 0 radical (unpaired) electrons. The number of rotatable bonds is 5. The number of hydrogen-bond donors (Lipinski definition) is 1. The van der Waals surface area contributed by atoms with Crippen LogP contribution in [-0.4, -0.2) is 43.8 Å². The van der Waals surface area contributed by atoms with E-state index in [4.69, 9.17) is 9.47 Å². The molecule has 2 rings (SSSR count). The van der Waals surface area contributed by atoms with Crippen molar-refractivity contribution in [2.45, 2.75) is 51.7 Å². The second-order valence-electron chi connectivity index (χ2n) is 6.99. The number of piperidine rings is 1. The molecule has 22 heavy (non-hydrogen) atoms. The van der Waals surface area contributed by atoms with Gasteiger partial charge >= 0.3 is 0 Å². The van der Waals surface area contributed by atoms with E-state index in [1.807, 2.05) is 12.1 Å². The Labute approximate surface area is 134 Å². The average Bonchev–Trinajstić information content (AvgIpc) is 2.52. The highest BCUT2D eigenvalue weighted by Crippen LogP contribution is 2.25. The fourth-order valence-corrected chi connectivity index (χ4v) is 3.03. The highest BCUT2D eigenvalue weighted by atomic mass is 16.5. The van der Waals surface area contributed by atoms with Gasteiger partial charge in [-0.1, -0.05) is 0 Å². The van der Waals surface area contributed by atoms with Crippen LogP contribution < -0.4 is 14.8 Å². The molecule has 4 nitrogen and oxygen atoms in total. The summed E-state index contributed by atoms with van der Waals surface area (Å²) in [5.74, 6) is 1.79. The molecule has 0 atom stereocenters. The number of benzene rings is 1. The third-order valence-corrected chi connectivity index (χ3v) is 4.51. The first kappa shape index (κ1) is 17.1. The van der Waals surface area contributed by atoms with E-state index in [1.54, 1.807) is 14.2 Å². The number of hydrogen-bond acceptors (Lipinski definition) is 4. The van der Waals surface area contributed by atoms with E-state index in [0.717, 1.165) is 36.7 Å². The Balaban J connectivity index is 1.89. The molecule has 1 aliphatic rings. The molecule has 0 saturated carbocycles. The predicted octanol–water partition coefficient (Wildman–Crippen LogP) is 3.06. The third-order valence-electron chi connectivity index (χ3n) is 4.51. The maximum Gasteiger partial charge on any atom is 0.123 e. The van der Waals surface area contributed by atoms with Gasteiger partial charge in [0.05, 0.1) is 14.2 Å². The zero-order valence-corrected chi connectivity index (χ0v) is 14.6. The molecule has 0 bridgehead atoms. The lowest BCUT2D eigenvalue weighted by Crippen LogP contribution is -2.49. The van der Waals surface area contributed by atoms with E-state index >= 15 is 0 Å². The molecule has 1 aromatic rings. The summed E-state index contributed by atoms with van der Waals surface area (Å²) in [7, 11) is 3.41. The van der Waals surface area contributed by atoms with E-state index in [0.29, 0.717) is 6.04 Å². The number of nitrogens with one attached hydrogen (secondary N) is 1. The molecule has 124 valence electrons. The van der Waals surface area contributed by atoms with E-state index in [1.165, 1.54) is 12.8 Å². The number of likely N-dealkylation sites (tertiary alicyclic amines) is 1. The first-order valence-electron chi connectivity index (χ1n) is 8.13. The van der Waals surface area contributed by atoms with Crippen LogP contribution in [0.1, 0.15) is 39.2 Å². The summed E-state index contributed by atoms with van der Waals surface area (Å²) in [6.07, 6.45) is 2.40. The normalized spacial score (nSPS) is 17.5. The molecule has 1 fully saturated rings. The van der Waals surface area contributed by atoms with Gasteiger partial charge in [-0.3, -0.25) is 4.90 Å². The summed E-state index contributed by atoms with van der Waals surface area (Å²) in [5, 5.41) is 3.67. The molecule has 4 heteroatoms. The zero-order chi connectivity index (χ0) is 16.2. The Morgan fingerprint density at radius 3 is 2.36 bits per heavy atom. The van der Waals surface area contributed by atoms with Crippen LogP contribution in [0.3, 0.4) is 0 Å². The van der Waals surface area contributed by atoms with E-state index < -0.39 is 0 Å². The minimum absolute atomic E-state index is 0.279. The standard InChI is InChI=1S/C18H30N2O2/c1-18(2,3)20-10-8-15(9-11-20)19-13-14-12-16(21-4)6-7-17(14)22-5/h6-7,12,15,19H,8-11,13H2,1-5H3. The fraction of sp³-hybridized carbons (Fsp3) is 0.667. The summed E-state index contributed by atoms with van der Waals surface area (Å²) in [6, 6.07) is 6.53. The molecule has 1 N–H and O–H groups in total. The minimum atomic E-state index is 0.279. The largest absolute Gasteiger partial charge is 0.497 e. The minimum Gasteiger partial charge on any atom is -0.497 e. The molecule has 1 aliphatic heterocycles. The molecule has 1 heterocycles. The number of nitrogens with zero attached hydrogens (tertiary/aromatic N) is 1. The van der Waals surface area contributed by atoms with Crippen LogP contribution in [0.25, 0.3) is 0 Å². The van der Waals surface area contributed by atoms with Gasteiger partial charge in [0.15, 0.2) is 0 Å². The van der Waals surface area contributed by atoms with Crippen molar-refractivity contribution in [3.05, 3.63) is 23.8 Å². The lowest BCUT2D eigenvalue weighted by atomic mass is 9.98. The lowest BCUT2D eigenvalue weighted by molar-refractivity contribution is 0.0960. The van der Waals surface area contributed by atoms with Crippen LogP contribution in [0.15, 0.2) is 18.2 Å². The predicted molar refractivity (Wildman–Crippen MR) is 90.7 cm³/mol. The Hall–Kier alpha value is -1.26. The molecule has 0 amide bonds. The van der Waals surface area contributed by atoms with Crippen molar-refractivity contribution in [3.8, 4) is 11.5 Å². The van der Waals surface area contributed by atoms with Crippen LogP contribution in [0.5, 0.6) is 11.5 Å². The topological polar surface area (TPSA) is 33.7 Å². The Morgan fingerprint density at radius 1 is 1.14 bits per heavy atom. The maximum absolute atomic E-state index is 5.44. The first-order valence-corrected chi connectivity index (χ1v) is 8.13. The Kier molecular flexibility index (Phi) is 5.70. The molecular weight excluding hydrogens is 276 g/mol. The summed E-state index contributed by atoms with van der Waals surface area (Å²) in [4.78, 5) is 2.57. The van der Waals surface area contributed by atoms with Crippen molar-refractivity contribution in [1.29, 1.82) is 0 Å². The van der Waals surface area contributed by atoms with Gasteiger partial charge in [0.2, 0.25) is 0 Å². The van der Waals surface area contributed by atoms with Gasteiger partial charge in [-0.05, 0) is 51.8 Å². The van der Waals surface area contributed by atoms with E-state index in [9.17, 15) is 0 Å². The SMILES string of the molecule is COc1ccc(OC)c(CNC2CCN(C(C)(C)C)CC2)c1. The maximum atomic E-state index is 5.44. The van der Waals surface area contributed by atoms with Crippen LogP contribution in [0, 0.1) is 0 Å². The smallest absolute Gasteiger partial charge is 0.123 e. The van der Waals surface area contributed by atoms with Crippen molar-refractivity contribution < 1.29 is 9.47 Å². The van der Waals surface area contributed by atoms with Gasteiger partial charge in [0.25, 0.3) is 0 Å². The van der Waals surface area contributed by atoms with Crippen molar-refractivity contribution in [2.24, 2.45) is 0 Å². The van der Waals surface area contributed by atoms with Gasteiger partial charge in [-0.25, -0.2) is 0 Å². The van der Waals surface area contributed by atoms with Crippen molar-refractivity contribution >= 4 is 0 Å². The fourth-order valence-electron chi connectivity index (χ4n) is 3.03. The van der Waals surface area contributed by atoms with E-state index in [-0.39, 0.29) is 5.54 Å². The molecule has 0 unspecified atom stereocenters. The highest BCUT2D eigenvalue weighted by molar-refractivity contribution is 5.40. The van der Waals surface area contributed by atoms with Gasteiger partial charge in [0.1, 0.15) is 11.5 Å². The zero-order valence-electron chi connectivity index (χ0n) is 14.6. The molecule has 1 saturated heterocycles. The summed E-state index contributed by atoms with van der Waals surface area (Å²) in [6.45, 7) is 10.0. The highest BCUT2D eigenvalue weighted by Gasteiger charge is 2.26. The van der Waals surface area contributed by atoms with Crippen molar-refractivity contribution in [3.63, 3.8) is 0 Å². The molecule has 1 aromatic carbocycles. The van der Waals surface area contributed by atoms with Crippen molar-refractivity contribution in [2.75, 3.05) is 27.3 Å². The van der Waals surface area contributed by atoms with Gasteiger partial charge in [-0.15, -0.1) is 0 Å². The van der Waals surface area contributed by atoms with Crippen LogP contribution in [-0.2, 0) is 6.54 Å². The molecule has 0 aliphatic carbocycles. The lowest BCUT2D eigenvalue weighted by Gasteiger charge is -2.41. The van der Waals surface area contributed by atoms with E-state index in [2.05, 4.69) is 37.1 Å². The Bertz CT molecular complexity index is 474. The summed E-state index contributed by atoms with van der Waals surface area (Å²) < 4.78 is 10.8. The van der Waals surface area contributed by atoms with Gasteiger partial charge < -0.3 is 14.8 Å². The summed E-state index contributed by atoms with van der Waals surface area (Å²) in [5.41, 5.74) is 1.43. The van der Waals surface area contributed by atoms with Gasteiger partial charge in [0, 0.05) is 36.8 Å². The quantitative estimate of drug-likeness (QED) is 0.906. The molecular formula is C18H30N2O2. The average molecular weight is 306 g/mol.